The van der Waals surface area contributed by atoms with E-state index in [4.69, 9.17) is 0 Å². The molecule has 0 bridgehead atoms. The van der Waals surface area contributed by atoms with Crippen LogP contribution in [0.1, 0.15) is 16.1 Å². The summed E-state index contributed by atoms with van der Waals surface area (Å²) in [5.74, 6) is -0.807. The van der Waals surface area contributed by atoms with Gasteiger partial charge in [-0.1, -0.05) is 24.3 Å². The van der Waals surface area contributed by atoms with E-state index in [2.05, 4.69) is 21.0 Å². The number of aromatic nitrogens is 2. The van der Waals surface area contributed by atoms with Gasteiger partial charge in [0.05, 0.1) is 23.2 Å². The first kappa shape index (κ1) is 13.9. The van der Waals surface area contributed by atoms with E-state index in [9.17, 15) is 9.18 Å². The molecule has 0 radical (unpaired) electrons. The van der Waals surface area contributed by atoms with Crippen LogP contribution >= 0.6 is 15.9 Å². The molecule has 0 spiro atoms. The lowest BCUT2D eigenvalue weighted by atomic mass is 10.0. The van der Waals surface area contributed by atoms with Gasteiger partial charge in [0.15, 0.2) is 5.78 Å². The van der Waals surface area contributed by atoms with Gasteiger partial charge in [0.25, 0.3) is 0 Å². The molecule has 3 rings (SSSR count). The van der Waals surface area contributed by atoms with Gasteiger partial charge in [-0.25, -0.2) is 4.39 Å². The fourth-order valence-electron chi connectivity index (χ4n) is 2.42. The summed E-state index contributed by atoms with van der Waals surface area (Å²) >= 11 is 3.23. The molecule has 0 unspecified atom stereocenters. The summed E-state index contributed by atoms with van der Waals surface area (Å²) in [6.45, 7) is 0. The van der Waals surface area contributed by atoms with Crippen LogP contribution in [-0.4, -0.2) is 15.6 Å². The van der Waals surface area contributed by atoms with E-state index in [0.29, 0.717) is 10.2 Å². The second-order valence-corrected chi connectivity index (χ2v) is 5.64. The summed E-state index contributed by atoms with van der Waals surface area (Å²) in [5.41, 5.74) is 1.69. The Morgan fingerprint density at radius 2 is 2.00 bits per heavy atom. The molecule has 21 heavy (non-hydrogen) atoms. The largest absolute Gasteiger partial charge is 0.294 e. The number of benzene rings is 2. The number of halogens is 2. The second kappa shape index (κ2) is 5.41. The Bertz CT molecular complexity index is 821. The maximum atomic E-state index is 13.8. The van der Waals surface area contributed by atoms with Crippen LogP contribution in [0.4, 0.5) is 4.39 Å². The zero-order valence-corrected chi connectivity index (χ0v) is 12.9. The molecule has 5 heteroatoms. The number of fused-ring (bicyclic) bond motifs is 1. The van der Waals surface area contributed by atoms with Crippen molar-refractivity contribution >= 4 is 32.6 Å². The minimum absolute atomic E-state index is 0.0703. The van der Waals surface area contributed by atoms with Crippen molar-refractivity contribution in [3.05, 3.63) is 64.0 Å². The van der Waals surface area contributed by atoms with E-state index in [1.54, 1.807) is 16.8 Å². The van der Waals surface area contributed by atoms with Crippen LogP contribution in [0.2, 0.25) is 0 Å². The number of rotatable bonds is 3. The molecule has 3 nitrogen and oxygen atoms in total. The molecule has 0 aliphatic carbocycles. The summed E-state index contributed by atoms with van der Waals surface area (Å²) in [6.07, 6.45) is 0.0703. The molecule has 1 aromatic heterocycles. The van der Waals surface area contributed by atoms with Gasteiger partial charge in [-0.3, -0.25) is 9.48 Å². The maximum Gasteiger partial charge on any atom is 0.172 e. The van der Waals surface area contributed by atoms with Gasteiger partial charge in [0.1, 0.15) is 5.82 Å². The Morgan fingerprint density at radius 3 is 2.76 bits per heavy atom. The minimum atomic E-state index is -0.519. The summed E-state index contributed by atoms with van der Waals surface area (Å²) in [6, 6.07) is 12.2. The van der Waals surface area contributed by atoms with Crippen molar-refractivity contribution in [3.63, 3.8) is 0 Å². The number of hydrogen-bond acceptors (Lipinski definition) is 2. The van der Waals surface area contributed by atoms with Crippen LogP contribution in [0.3, 0.4) is 0 Å². The van der Waals surface area contributed by atoms with Crippen LogP contribution in [0, 0.1) is 5.82 Å². The fourth-order valence-corrected chi connectivity index (χ4v) is 2.99. The normalized spacial score (nSPS) is 11.0. The fraction of sp³-hybridized carbons (Fsp3) is 0.125. The molecule has 0 fully saturated rings. The molecule has 3 aromatic rings. The SMILES string of the molecule is Cn1nc(CC(=O)c2c(F)cccc2Br)c2ccccc21. The van der Waals surface area contributed by atoms with Crippen molar-refractivity contribution in [1.82, 2.24) is 9.78 Å². The predicted molar refractivity (Wildman–Crippen MR) is 82.8 cm³/mol. The van der Waals surface area contributed by atoms with E-state index in [-0.39, 0.29) is 17.8 Å². The van der Waals surface area contributed by atoms with E-state index in [1.165, 1.54) is 6.07 Å². The first-order valence-corrected chi connectivity index (χ1v) is 7.25. The first-order valence-electron chi connectivity index (χ1n) is 6.45. The van der Waals surface area contributed by atoms with Crippen LogP contribution in [0.5, 0.6) is 0 Å². The summed E-state index contributed by atoms with van der Waals surface area (Å²) < 4.78 is 16.0. The van der Waals surface area contributed by atoms with Crippen molar-refractivity contribution in [3.8, 4) is 0 Å². The molecule has 0 N–H and O–H groups in total. The molecule has 106 valence electrons. The minimum Gasteiger partial charge on any atom is -0.294 e. The Balaban J connectivity index is 2.01. The number of hydrogen-bond donors (Lipinski definition) is 0. The average molecular weight is 347 g/mol. The van der Waals surface area contributed by atoms with Crippen molar-refractivity contribution in [2.45, 2.75) is 6.42 Å². The third-order valence-electron chi connectivity index (χ3n) is 3.40. The predicted octanol–water partition coefficient (Wildman–Crippen LogP) is 3.90. The molecule has 0 saturated carbocycles. The highest BCUT2D eigenvalue weighted by Crippen LogP contribution is 2.24. The molecular weight excluding hydrogens is 335 g/mol. The van der Waals surface area contributed by atoms with Gasteiger partial charge in [-0.15, -0.1) is 0 Å². The van der Waals surface area contributed by atoms with Gasteiger partial charge < -0.3 is 0 Å². The van der Waals surface area contributed by atoms with Gasteiger partial charge in [-0.05, 0) is 34.1 Å². The molecule has 0 amide bonds. The van der Waals surface area contributed by atoms with Crippen LogP contribution in [0.25, 0.3) is 10.9 Å². The Kier molecular flexibility index (Phi) is 3.59. The monoisotopic (exact) mass is 346 g/mol. The highest BCUT2D eigenvalue weighted by molar-refractivity contribution is 9.10. The zero-order chi connectivity index (χ0) is 15.0. The summed E-state index contributed by atoms with van der Waals surface area (Å²) in [5, 5.41) is 5.29. The molecule has 1 heterocycles. The second-order valence-electron chi connectivity index (χ2n) is 4.78. The Hall–Kier alpha value is -2.01. The average Bonchev–Trinajstić information content (AvgIpc) is 2.76. The number of carbonyl (C=O) groups is 1. The van der Waals surface area contributed by atoms with Crippen molar-refractivity contribution in [1.29, 1.82) is 0 Å². The smallest absolute Gasteiger partial charge is 0.172 e. The number of para-hydroxylation sites is 1. The van der Waals surface area contributed by atoms with Gasteiger partial charge in [-0.2, -0.15) is 5.10 Å². The molecule has 0 aliphatic rings. The highest BCUT2D eigenvalue weighted by atomic mass is 79.9. The molecule has 0 atom stereocenters. The third kappa shape index (κ3) is 2.49. The number of ketones is 1. The molecule has 0 aliphatic heterocycles. The maximum absolute atomic E-state index is 13.8. The highest BCUT2D eigenvalue weighted by Gasteiger charge is 2.18. The van der Waals surface area contributed by atoms with E-state index in [1.807, 2.05) is 31.3 Å². The molecular formula is C16H12BrFN2O. The van der Waals surface area contributed by atoms with Crippen molar-refractivity contribution < 1.29 is 9.18 Å². The summed E-state index contributed by atoms with van der Waals surface area (Å²) in [4.78, 5) is 12.4. The topological polar surface area (TPSA) is 34.9 Å². The zero-order valence-electron chi connectivity index (χ0n) is 11.3. The van der Waals surface area contributed by atoms with Crippen LogP contribution in [0.15, 0.2) is 46.9 Å². The van der Waals surface area contributed by atoms with Crippen molar-refractivity contribution in [2.75, 3.05) is 0 Å². The number of nitrogens with zero attached hydrogens (tertiary/aromatic N) is 2. The lowest BCUT2D eigenvalue weighted by Crippen LogP contribution is -2.08. The van der Waals surface area contributed by atoms with Crippen LogP contribution < -0.4 is 0 Å². The number of aryl methyl sites for hydroxylation is 1. The van der Waals surface area contributed by atoms with Gasteiger partial charge >= 0.3 is 0 Å². The molecule has 2 aromatic carbocycles. The number of carbonyl (C=O) groups excluding carboxylic acids is 1. The van der Waals surface area contributed by atoms with E-state index >= 15 is 0 Å². The first-order chi connectivity index (χ1) is 10.1. The Morgan fingerprint density at radius 1 is 1.24 bits per heavy atom. The van der Waals surface area contributed by atoms with Crippen LogP contribution in [-0.2, 0) is 13.5 Å². The molecule has 0 saturated heterocycles. The van der Waals surface area contributed by atoms with E-state index < -0.39 is 5.82 Å². The lowest BCUT2D eigenvalue weighted by Gasteiger charge is -2.04. The Labute approximate surface area is 129 Å². The lowest BCUT2D eigenvalue weighted by molar-refractivity contribution is 0.0987. The third-order valence-corrected chi connectivity index (χ3v) is 4.06. The van der Waals surface area contributed by atoms with Gasteiger partial charge in [0, 0.05) is 16.9 Å². The number of Topliss-reactive ketones (excluding diaryl/α,β-unsaturated/α-hetero) is 1. The van der Waals surface area contributed by atoms with E-state index in [0.717, 1.165) is 10.9 Å². The standard InChI is InChI=1S/C16H12BrFN2O/c1-20-14-8-3-2-5-10(14)13(19-20)9-15(21)16-11(17)6-4-7-12(16)18/h2-8H,9H2,1H3. The van der Waals surface area contributed by atoms with Gasteiger partial charge in [0.2, 0.25) is 0 Å². The quantitative estimate of drug-likeness (QED) is 0.674. The summed E-state index contributed by atoms with van der Waals surface area (Å²) in [7, 11) is 1.83. The van der Waals surface area contributed by atoms with Crippen molar-refractivity contribution in [2.24, 2.45) is 7.05 Å².